The lowest BCUT2D eigenvalue weighted by molar-refractivity contribution is 0.617. The topological polar surface area (TPSA) is 34.9 Å². The molecule has 0 spiro atoms. The number of fused-ring (bicyclic) bond motifs is 1. The van der Waals surface area contributed by atoms with Gasteiger partial charge in [0.05, 0.1) is 5.39 Å². The van der Waals surface area contributed by atoms with Crippen molar-refractivity contribution in [3.63, 3.8) is 0 Å². The highest BCUT2D eigenvalue weighted by Gasteiger charge is 2.12. The quantitative estimate of drug-likeness (QED) is 0.532. The Balaban J connectivity index is 1.95. The van der Waals surface area contributed by atoms with Crippen LogP contribution < -0.4 is 5.56 Å². The van der Waals surface area contributed by atoms with Gasteiger partial charge in [-0.25, -0.2) is 9.37 Å². The summed E-state index contributed by atoms with van der Waals surface area (Å²) in [5.74, 6) is -0.0277. The number of nitrogens with zero attached hydrogens (tertiary/aromatic N) is 2. The van der Waals surface area contributed by atoms with E-state index >= 15 is 0 Å². The van der Waals surface area contributed by atoms with Crippen LogP contribution in [0.5, 0.6) is 0 Å². The molecule has 108 valence electrons. The van der Waals surface area contributed by atoms with Crippen molar-refractivity contribution in [3.8, 4) is 0 Å². The second-order valence-electron chi connectivity index (χ2n) is 4.39. The maximum Gasteiger partial charge on any atom is 0.262 e. The highest BCUT2D eigenvalue weighted by molar-refractivity contribution is 7.98. The highest BCUT2D eigenvalue weighted by Crippen LogP contribution is 2.28. The Bertz CT molecular complexity index is 855. The second-order valence-corrected chi connectivity index (χ2v) is 6.63. The Morgan fingerprint density at radius 3 is 3.00 bits per heavy atom. The third kappa shape index (κ3) is 2.71. The van der Waals surface area contributed by atoms with Gasteiger partial charge >= 0.3 is 0 Å². The molecule has 0 radical (unpaired) electrons. The van der Waals surface area contributed by atoms with Crippen LogP contribution in [-0.2, 0) is 12.8 Å². The van der Waals surface area contributed by atoms with E-state index in [1.807, 2.05) is 5.38 Å². The van der Waals surface area contributed by atoms with Gasteiger partial charge in [0.1, 0.15) is 10.6 Å². The van der Waals surface area contributed by atoms with Crippen LogP contribution in [0.3, 0.4) is 0 Å². The lowest BCUT2D eigenvalue weighted by Crippen LogP contribution is -2.19. The van der Waals surface area contributed by atoms with E-state index in [9.17, 15) is 9.18 Å². The minimum Gasteiger partial charge on any atom is -0.290 e. The fourth-order valence-corrected chi connectivity index (χ4v) is 4.04. The van der Waals surface area contributed by atoms with Gasteiger partial charge in [0.2, 0.25) is 0 Å². The fraction of sp³-hybridized carbons (Fsp3) is 0.143. The summed E-state index contributed by atoms with van der Waals surface area (Å²) in [5, 5.41) is 3.37. The molecule has 2 aromatic heterocycles. The average Bonchev–Trinajstić information content (AvgIpc) is 2.92. The smallest absolute Gasteiger partial charge is 0.262 e. The molecule has 7 heteroatoms. The number of thioether (sulfide) groups is 1. The molecule has 21 heavy (non-hydrogen) atoms. The number of halogens is 2. The van der Waals surface area contributed by atoms with Gasteiger partial charge in [-0.3, -0.25) is 9.36 Å². The van der Waals surface area contributed by atoms with Gasteiger partial charge in [-0.1, -0.05) is 29.4 Å². The van der Waals surface area contributed by atoms with E-state index in [2.05, 4.69) is 4.98 Å². The SMILES string of the molecule is Cn1c(SCc2c(F)cccc2Cl)nc2sccc2c1=O. The molecule has 0 fully saturated rings. The highest BCUT2D eigenvalue weighted by atomic mass is 35.5. The molecule has 0 aliphatic heterocycles. The lowest BCUT2D eigenvalue weighted by atomic mass is 10.2. The van der Waals surface area contributed by atoms with Crippen molar-refractivity contribution in [1.29, 1.82) is 0 Å². The molecule has 0 atom stereocenters. The van der Waals surface area contributed by atoms with Gasteiger partial charge in [0, 0.05) is 23.4 Å². The van der Waals surface area contributed by atoms with E-state index in [-0.39, 0.29) is 11.4 Å². The fourth-order valence-electron chi connectivity index (χ4n) is 1.92. The predicted octanol–water partition coefficient (Wildman–Crippen LogP) is 4.08. The zero-order chi connectivity index (χ0) is 15.0. The van der Waals surface area contributed by atoms with Gasteiger partial charge in [0.25, 0.3) is 5.56 Å². The molecule has 1 aromatic carbocycles. The molecule has 0 amide bonds. The van der Waals surface area contributed by atoms with Crippen LogP contribution in [0.15, 0.2) is 39.6 Å². The van der Waals surface area contributed by atoms with Crippen molar-refractivity contribution in [2.75, 3.05) is 0 Å². The van der Waals surface area contributed by atoms with Crippen LogP contribution in [0.4, 0.5) is 4.39 Å². The zero-order valence-electron chi connectivity index (χ0n) is 11.0. The second kappa shape index (κ2) is 5.79. The maximum atomic E-state index is 13.8. The lowest BCUT2D eigenvalue weighted by Gasteiger charge is -2.08. The number of rotatable bonds is 3. The number of hydrogen-bond acceptors (Lipinski definition) is 4. The van der Waals surface area contributed by atoms with E-state index in [1.54, 1.807) is 25.2 Å². The Morgan fingerprint density at radius 1 is 1.43 bits per heavy atom. The summed E-state index contributed by atoms with van der Waals surface area (Å²) >= 11 is 8.71. The van der Waals surface area contributed by atoms with Crippen LogP contribution in [0.1, 0.15) is 5.56 Å². The van der Waals surface area contributed by atoms with Crippen molar-refractivity contribution in [3.05, 3.63) is 56.4 Å². The van der Waals surface area contributed by atoms with E-state index in [0.717, 1.165) is 0 Å². The van der Waals surface area contributed by atoms with Crippen molar-refractivity contribution in [2.24, 2.45) is 7.05 Å². The molecular formula is C14H10ClFN2OS2. The number of hydrogen-bond donors (Lipinski definition) is 0. The number of benzene rings is 1. The van der Waals surface area contributed by atoms with Crippen molar-refractivity contribution in [1.82, 2.24) is 9.55 Å². The van der Waals surface area contributed by atoms with E-state index < -0.39 is 0 Å². The summed E-state index contributed by atoms with van der Waals surface area (Å²) in [5.41, 5.74) is 0.327. The van der Waals surface area contributed by atoms with Crippen LogP contribution >= 0.6 is 34.7 Å². The molecule has 3 nitrogen and oxygen atoms in total. The van der Waals surface area contributed by atoms with Gasteiger partial charge in [-0.2, -0.15) is 0 Å². The first-order chi connectivity index (χ1) is 10.1. The first kappa shape index (κ1) is 14.6. The normalized spacial score (nSPS) is 11.2. The Labute approximate surface area is 133 Å². The molecule has 0 saturated carbocycles. The molecular weight excluding hydrogens is 331 g/mol. The molecule has 0 saturated heterocycles. The first-order valence-corrected chi connectivity index (χ1v) is 8.32. The molecule has 0 aliphatic carbocycles. The zero-order valence-corrected chi connectivity index (χ0v) is 13.4. The van der Waals surface area contributed by atoms with E-state index in [1.165, 1.54) is 33.7 Å². The van der Waals surface area contributed by atoms with Crippen LogP contribution in [0.2, 0.25) is 5.02 Å². The molecule has 0 unspecified atom stereocenters. The number of aromatic nitrogens is 2. The summed E-state index contributed by atoms with van der Waals surface area (Å²) < 4.78 is 15.2. The predicted molar refractivity (Wildman–Crippen MR) is 85.8 cm³/mol. The average molecular weight is 341 g/mol. The van der Waals surface area contributed by atoms with Crippen LogP contribution in [-0.4, -0.2) is 9.55 Å². The molecule has 3 rings (SSSR count). The van der Waals surface area contributed by atoms with Gasteiger partial charge in [-0.05, 0) is 23.6 Å². The van der Waals surface area contributed by atoms with Gasteiger partial charge < -0.3 is 0 Å². The summed E-state index contributed by atoms with van der Waals surface area (Å²) in [7, 11) is 1.66. The van der Waals surface area contributed by atoms with Crippen molar-refractivity contribution >= 4 is 44.9 Å². The summed E-state index contributed by atoms with van der Waals surface area (Å²) in [4.78, 5) is 17.3. The number of thiophene rings is 1. The summed E-state index contributed by atoms with van der Waals surface area (Å²) in [6.45, 7) is 0. The Hall–Kier alpha value is -1.37. The molecule has 0 aliphatic rings. The van der Waals surface area contributed by atoms with E-state index in [0.29, 0.717) is 31.7 Å². The Kier molecular flexibility index (Phi) is 4.01. The largest absolute Gasteiger partial charge is 0.290 e. The molecule has 3 aromatic rings. The van der Waals surface area contributed by atoms with Gasteiger partial charge in [0.15, 0.2) is 5.16 Å². The van der Waals surface area contributed by atoms with E-state index in [4.69, 9.17) is 11.6 Å². The Morgan fingerprint density at radius 2 is 2.24 bits per heavy atom. The van der Waals surface area contributed by atoms with Crippen molar-refractivity contribution < 1.29 is 4.39 Å². The van der Waals surface area contributed by atoms with Gasteiger partial charge in [-0.15, -0.1) is 11.3 Å². The molecule has 2 heterocycles. The molecule has 0 bridgehead atoms. The molecule has 0 N–H and O–H groups in total. The first-order valence-electron chi connectivity index (χ1n) is 6.08. The monoisotopic (exact) mass is 340 g/mol. The van der Waals surface area contributed by atoms with Crippen LogP contribution in [0.25, 0.3) is 10.2 Å². The third-order valence-electron chi connectivity index (χ3n) is 3.07. The maximum absolute atomic E-state index is 13.8. The minimum atomic E-state index is -0.350. The standard InChI is InChI=1S/C14H10ClFN2OS2/c1-18-13(19)8-5-6-20-12(8)17-14(18)21-7-9-10(15)3-2-4-11(9)16/h2-6H,7H2,1H3. The third-order valence-corrected chi connectivity index (χ3v) is 5.29. The minimum absolute atomic E-state index is 0.0941. The van der Waals surface area contributed by atoms with Crippen LogP contribution in [0, 0.1) is 5.82 Å². The summed E-state index contributed by atoms with van der Waals surface area (Å²) in [6.07, 6.45) is 0. The summed E-state index contributed by atoms with van der Waals surface area (Å²) in [6, 6.07) is 6.35. The van der Waals surface area contributed by atoms with Crippen molar-refractivity contribution in [2.45, 2.75) is 10.9 Å².